The highest BCUT2D eigenvalue weighted by atomic mass is 35.5. The van der Waals surface area contributed by atoms with E-state index in [-0.39, 0.29) is 29.8 Å². The molecule has 0 aromatic heterocycles. The van der Waals surface area contributed by atoms with E-state index in [0.717, 1.165) is 56.4 Å². The Morgan fingerprint density at radius 1 is 1.18 bits per heavy atom. The van der Waals surface area contributed by atoms with Crippen molar-refractivity contribution in [2.24, 2.45) is 0 Å². The summed E-state index contributed by atoms with van der Waals surface area (Å²) in [5, 5.41) is 0.917. The van der Waals surface area contributed by atoms with Crippen molar-refractivity contribution >= 4 is 35.1 Å². The Balaban J connectivity index is 1.66. The standard InChI is InChI=1S/C30H36Cl2N2O4/c1-5-14-34-15-13-29(23-7-6-8-25(18-23)38-21(2)35)19-24(11-12-30(29,20-34)37-4)33(3)28(36)17-22-9-10-26(31)27(32)16-22/h5-10,16,18,24H,1,11-15,17,19-20H2,2-4H3. The van der Waals surface area contributed by atoms with Crippen molar-refractivity contribution in [2.75, 3.05) is 33.8 Å². The van der Waals surface area contributed by atoms with Gasteiger partial charge in [-0.2, -0.15) is 0 Å². The molecule has 204 valence electrons. The normalized spacial score (nSPS) is 25.3. The third-order valence-electron chi connectivity index (χ3n) is 8.38. The lowest BCUT2D eigenvalue weighted by molar-refractivity contribution is -0.159. The fourth-order valence-electron chi connectivity index (χ4n) is 6.41. The molecule has 2 aliphatic rings. The summed E-state index contributed by atoms with van der Waals surface area (Å²) >= 11 is 12.2. The number of likely N-dealkylation sites (N-methyl/N-ethyl adjacent to an activating group) is 1. The molecule has 1 aliphatic carbocycles. The Bertz CT molecular complexity index is 1200. The Morgan fingerprint density at radius 3 is 2.66 bits per heavy atom. The van der Waals surface area contributed by atoms with Gasteiger partial charge in [0.15, 0.2) is 0 Å². The molecule has 1 saturated heterocycles. The van der Waals surface area contributed by atoms with Crippen LogP contribution < -0.4 is 4.74 Å². The van der Waals surface area contributed by atoms with E-state index < -0.39 is 5.60 Å². The Hall–Kier alpha value is -2.38. The molecule has 1 saturated carbocycles. The highest BCUT2D eigenvalue weighted by Crippen LogP contribution is 2.54. The molecule has 3 unspecified atom stereocenters. The van der Waals surface area contributed by atoms with Crippen molar-refractivity contribution in [1.82, 2.24) is 9.80 Å². The van der Waals surface area contributed by atoms with E-state index in [4.69, 9.17) is 32.7 Å². The first-order valence-corrected chi connectivity index (χ1v) is 13.8. The molecule has 0 bridgehead atoms. The van der Waals surface area contributed by atoms with Crippen LogP contribution in [0.25, 0.3) is 0 Å². The van der Waals surface area contributed by atoms with Crippen LogP contribution in [0.15, 0.2) is 55.1 Å². The van der Waals surface area contributed by atoms with Crippen LogP contribution in [0.1, 0.15) is 43.7 Å². The van der Waals surface area contributed by atoms with Crippen LogP contribution in [-0.2, 0) is 26.2 Å². The number of carbonyl (C=O) groups is 2. The number of hydrogen-bond acceptors (Lipinski definition) is 5. The maximum Gasteiger partial charge on any atom is 0.308 e. The van der Waals surface area contributed by atoms with Gasteiger partial charge in [-0.15, -0.1) is 6.58 Å². The summed E-state index contributed by atoms with van der Waals surface area (Å²) in [4.78, 5) is 29.4. The van der Waals surface area contributed by atoms with Crippen molar-refractivity contribution < 1.29 is 19.1 Å². The monoisotopic (exact) mass is 558 g/mol. The first-order chi connectivity index (χ1) is 18.1. The number of nitrogens with zero attached hydrogens (tertiary/aromatic N) is 2. The molecule has 1 amide bonds. The number of fused-ring (bicyclic) bond motifs is 1. The molecule has 6 nitrogen and oxygen atoms in total. The number of amides is 1. The van der Waals surface area contributed by atoms with E-state index in [1.54, 1.807) is 25.3 Å². The minimum atomic E-state index is -0.451. The number of esters is 1. The molecule has 2 aromatic rings. The molecule has 1 aliphatic heterocycles. The number of methoxy groups -OCH3 is 1. The third-order valence-corrected chi connectivity index (χ3v) is 9.12. The summed E-state index contributed by atoms with van der Waals surface area (Å²) in [6.45, 7) is 7.77. The third kappa shape index (κ3) is 5.64. The van der Waals surface area contributed by atoms with Crippen LogP contribution in [0.5, 0.6) is 5.75 Å². The second-order valence-electron chi connectivity index (χ2n) is 10.5. The largest absolute Gasteiger partial charge is 0.427 e. The van der Waals surface area contributed by atoms with E-state index in [0.29, 0.717) is 15.8 Å². The Labute approximate surface area is 235 Å². The van der Waals surface area contributed by atoms with Gasteiger partial charge in [0.05, 0.1) is 22.1 Å². The first-order valence-electron chi connectivity index (χ1n) is 13.0. The minimum absolute atomic E-state index is 0.0249. The van der Waals surface area contributed by atoms with Gasteiger partial charge in [0, 0.05) is 45.6 Å². The molecule has 0 radical (unpaired) electrons. The van der Waals surface area contributed by atoms with Crippen molar-refractivity contribution in [1.29, 1.82) is 0 Å². The van der Waals surface area contributed by atoms with Crippen LogP contribution >= 0.6 is 23.2 Å². The molecule has 38 heavy (non-hydrogen) atoms. The van der Waals surface area contributed by atoms with Crippen LogP contribution in [0.4, 0.5) is 0 Å². The van der Waals surface area contributed by atoms with Gasteiger partial charge in [-0.05, 0) is 67.6 Å². The SMILES string of the molecule is C=CCN1CCC2(c3cccc(OC(C)=O)c3)CC(N(C)C(=O)Cc3ccc(Cl)c(Cl)c3)CCC2(OC)C1. The van der Waals surface area contributed by atoms with Gasteiger partial charge >= 0.3 is 5.97 Å². The highest BCUT2D eigenvalue weighted by molar-refractivity contribution is 6.42. The highest BCUT2D eigenvalue weighted by Gasteiger charge is 2.59. The average molecular weight is 560 g/mol. The maximum atomic E-state index is 13.4. The van der Waals surface area contributed by atoms with Crippen molar-refractivity contribution in [3.05, 3.63) is 76.3 Å². The van der Waals surface area contributed by atoms with Crippen molar-refractivity contribution in [3.63, 3.8) is 0 Å². The van der Waals surface area contributed by atoms with E-state index in [2.05, 4.69) is 17.5 Å². The minimum Gasteiger partial charge on any atom is -0.427 e. The number of hydrogen-bond donors (Lipinski definition) is 0. The van der Waals surface area contributed by atoms with E-state index in [1.165, 1.54) is 6.92 Å². The van der Waals surface area contributed by atoms with Gasteiger partial charge in [0.2, 0.25) is 5.91 Å². The summed E-state index contributed by atoms with van der Waals surface area (Å²) in [7, 11) is 3.68. The number of carbonyl (C=O) groups excluding carboxylic acids is 2. The zero-order valence-corrected chi connectivity index (χ0v) is 23.9. The van der Waals surface area contributed by atoms with Gasteiger partial charge < -0.3 is 14.4 Å². The zero-order valence-electron chi connectivity index (χ0n) is 22.3. The lowest BCUT2D eigenvalue weighted by Gasteiger charge is -2.60. The Kier molecular flexibility index (Phi) is 8.88. The smallest absolute Gasteiger partial charge is 0.308 e. The topological polar surface area (TPSA) is 59.1 Å². The van der Waals surface area contributed by atoms with E-state index in [1.807, 2.05) is 36.2 Å². The number of rotatable bonds is 8. The Morgan fingerprint density at radius 2 is 1.97 bits per heavy atom. The number of likely N-dealkylation sites (tertiary alicyclic amines) is 1. The molecule has 0 N–H and O–H groups in total. The lowest BCUT2D eigenvalue weighted by atomic mass is 9.55. The van der Waals surface area contributed by atoms with Gasteiger partial charge in [-0.3, -0.25) is 14.5 Å². The van der Waals surface area contributed by atoms with Gasteiger partial charge in [-0.1, -0.05) is 47.5 Å². The molecule has 4 rings (SSSR count). The van der Waals surface area contributed by atoms with Gasteiger partial charge in [0.25, 0.3) is 0 Å². The fraction of sp³-hybridized carbons (Fsp3) is 0.467. The average Bonchev–Trinajstić information content (AvgIpc) is 2.90. The van der Waals surface area contributed by atoms with Gasteiger partial charge in [-0.25, -0.2) is 0 Å². The maximum absolute atomic E-state index is 13.4. The van der Waals surface area contributed by atoms with Crippen LogP contribution in [0.2, 0.25) is 10.0 Å². The predicted octanol–water partition coefficient (Wildman–Crippen LogP) is 5.69. The second-order valence-corrected chi connectivity index (χ2v) is 11.3. The molecule has 0 spiro atoms. The summed E-state index contributed by atoms with van der Waals surface area (Å²) in [5.41, 5.74) is 1.09. The number of piperidine rings is 1. The number of halogens is 2. The van der Waals surface area contributed by atoms with Crippen LogP contribution in [0, 0.1) is 0 Å². The number of ether oxygens (including phenoxy) is 2. The van der Waals surface area contributed by atoms with Crippen molar-refractivity contribution in [3.8, 4) is 5.75 Å². The first kappa shape index (κ1) is 28.6. The summed E-state index contributed by atoms with van der Waals surface area (Å²) in [6.07, 6.45) is 5.40. The molecule has 2 fully saturated rings. The lowest BCUT2D eigenvalue weighted by Crippen LogP contribution is -2.68. The summed E-state index contributed by atoms with van der Waals surface area (Å²) in [6, 6.07) is 13.1. The molecule has 8 heteroatoms. The second kappa shape index (κ2) is 11.8. The summed E-state index contributed by atoms with van der Waals surface area (Å²) < 4.78 is 11.9. The molecule has 1 heterocycles. The molecule has 2 aromatic carbocycles. The van der Waals surface area contributed by atoms with E-state index in [9.17, 15) is 9.59 Å². The van der Waals surface area contributed by atoms with Crippen LogP contribution in [-0.4, -0.2) is 67.1 Å². The molecular weight excluding hydrogens is 523 g/mol. The van der Waals surface area contributed by atoms with E-state index >= 15 is 0 Å². The molecular formula is C30H36Cl2N2O4. The quantitative estimate of drug-likeness (QED) is 0.237. The molecule has 3 atom stereocenters. The fourth-order valence-corrected chi connectivity index (χ4v) is 6.73. The van der Waals surface area contributed by atoms with Gasteiger partial charge in [0.1, 0.15) is 5.75 Å². The predicted molar refractivity (Wildman–Crippen MR) is 151 cm³/mol. The number of benzene rings is 2. The van der Waals surface area contributed by atoms with Crippen LogP contribution in [0.3, 0.4) is 0 Å². The van der Waals surface area contributed by atoms with Crippen molar-refractivity contribution in [2.45, 2.75) is 56.1 Å². The summed E-state index contributed by atoms with van der Waals surface area (Å²) in [5.74, 6) is 0.202. The zero-order chi connectivity index (χ0) is 27.5.